The molecule has 6 nitrogen and oxygen atoms in total. The number of carbonyl (C=O) groups is 2. The quantitative estimate of drug-likeness (QED) is 0.477. The summed E-state index contributed by atoms with van der Waals surface area (Å²) >= 11 is 0. The van der Waals surface area contributed by atoms with Crippen molar-refractivity contribution >= 4 is 28.5 Å². The van der Waals surface area contributed by atoms with E-state index in [4.69, 9.17) is 0 Å². The van der Waals surface area contributed by atoms with Crippen molar-refractivity contribution in [2.24, 2.45) is 0 Å². The van der Waals surface area contributed by atoms with Crippen molar-refractivity contribution < 1.29 is 9.59 Å². The number of aromatic amines is 1. The van der Waals surface area contributed by atoms with E-state index < -0.39 is 6.04 Å². The molecule has 2 amide bonds. The third-order valence-electron chi connectivity index (χ3n) is 5.85. The van der Waals surface area contributed by atoms with E-state index in [2.05, 4.69) is 15.3 Å². The molecule has 160 valence electrons. The maximum Gasteiger partial charge on any atom is 0.251 e. The second-order valence-electron chi connectivity index (χ2n) is 8.03. The molecule has 0 saturated carbocycles. The number of piperidine rings is 1. The predicted molar refractivity (Wildman–Crippen MR) is 125 cm³/mol. The van der Waals surface area contributed by atoms with Crippen LogP contribution in [0, 0.1) is 0 Å². The fourth-order valence-corrected chi connectivity index (χ4v) is 4.22. The standard InChI is InChI=1S/C26H24N4O2/c31-23-12-6-7-17-30(23)24(18-8-2-1-3-9-18)26(32)27-20-15-13-19(14-16-20)25-28-21-10-4-5-11-22(21)29-25/h1-5,8-11,13-16,24H,6-7,12,17H2,(H,27,32)(H,28,29). The molecule has 1 aliphatic heterocycles. The summed E-state index contributed by atoms with van der Waals surface area (Å²) in [4.78, 5) is 35.5. The molecular formula is C26H24N4O2. The van der Waals surface area contributed by atoms with E-state index in [1.165, 1.54) is 0 Å². The van der Waals surface area contributed by atoms with Gasteiger partial charge in [0.25, 0.3) is 5.91 Å². The third-order valence-corrected chi connectivity index (χ3v) is 5.85. The summed E-state index contributed by atoms with van der Waals surface area (Å²) in [5, 5.41) is 3.00. The highest BCUT2D eigenvalue weighted by Crippen LogP contribution is 2.28. The van der Waals surface area contributed by atoms with Crippen molar-refractivity contribution in [2.45, 2.75) is 25.3 Å². The SMILES string of the molecule is O=C(Nc1ccc(-c2nc3ccccc3[nH]2)cc1)C(c1ccccc1)N1CCCCC1=O. The van der Waals surface area contributed by atoms with Crippen LogP contribution in [0.3, 0.4) is 0 Å². The van der Waals surface area contributed by atoms with Gasteiger partial charge in [0.15, 0.2) is 0 Å². The zero-order valence-electron chi connectivity index (χ0n) is 17.6. The highest BCUT2D eigenvalue weighted by atomic mass is 16.2. The lowest BCUT2D eigenvalue weighted by molar-refractivity contribution is -0.141. The van der Waals surface area contributed by atoms with Gasteiger partial charge in [-0.15, -0.1) is 0 Å². The minimum Gasteiger partial charge on any atom is -0.338 e. The lowest BCUT2D eigenvalue weighted by Gasteiger charge is -2.34. The Morgan fingerprint density at radius 2 is 1.69 bits per heavy atom. The highest BCUT2D eigenvalue weighted by molar-refractivity contribution is 5.98. The average molecular weight is 425 g/mol. The lowest BCUT2D eigenvalue weighted by Crippen LogP contribution is -2.43. The number of benzene rings is 3. The van der Waals surface area contributed by atoms with Crippen molar-refractivity contribution in [3.63, 3.8) is 0 Å². The number of aromatic nitrogens is 2. The first-order chi connectivity index (χ1) is 15.7. The lowest BCUT2D eigenvalue weighted by atomic mass is 10.0. The molecule has 6 heteroatoms. The Bertz CT molecular complexity index is 1210. The van der Waals surface area contributed by atoms with Crippen molar-refractivity contribution in [3.8, 4) is 11.4 Å². The van der Waals surface area contributed by atoms with Crippen molar-refractivity contribution in [1.29, 1.82) is 0 Å². The van der Waals surface area contributed by atoms with Gasteiger partial charge in [0.05, 0.1) is 11.0 Å². The first-order valence-corrected chi connectivity index (χ1v) is 10.9. The average Bonchev–Trinajstić information content (AvgIpc) is 3.26. The van der Waals surface area contributed by atoms with E-state index in [1.807, 2.05) is 78.9 Å². The molecule has 32 heavy (non-hydrogen) atoms. The molecule has 1 saturated heterocycles. The van der Waals surface area contributed by atoms with E-state index in [1.54, 1.807) is 4.90 Å². The number of H-pyrrole nitrogens is 1. The zero-order chi connectivity index (χ0) is 21.9. The highest BCUT2D eigenvalue weighted by Gasteiger charge is 2.32. The van der Waals surface area contributed by atoms with Gasteiger partial charge < -0.3 is 15.2 Å². The van der Waals surface area contributed by atoms with E-state index in [-0.39, 0.29) is 11.8 Å². The van der Waals surface area contributed by atoms with Crippen LogP contribution in [0.1, 0.15) is 30.9 Å². The van der Waals surface area contributed by atoms with Gasteiger partial charge in [0.1, 0.15) is 11.9 Å². The van der Waals surface area contributed by atoms with E-state index in [9.17, 15) is 9.59 Å². The van der Waals surface area contributed by atoms with Gasteiger partial charge >= 0.3 is 0 Å². The number of hydrogen-bond acceptors (Lipinski definition) is 3. The molecule has 1 atom stereocenters. The Labute approximate surface area is 186 Å². The predicted octanol–water partition coefficient (Wildman–Crippen LogP) is 4.92. The number of para-hydroxylation sites is 2. The molecule has 2 N–H and O–H groups in total. The number of anilines is 1. The van der Waals surface area contributed by atoms with E-state index in [0.717, 1.165) is 40.8 Å². The van der Waals surface area contributed by atoms with Crippen LogP contribution < -0.4 is 5.32 Å². The Kier molecular flexibility index (Phi) is 5.42. The van der Waals surface area contributed by atoms with Crippen LogP contribution in [0.25, 0.3) is 22.4 Å². The van der Waals surface area contributed by atoms with Crippen LogP contribution in [0.2, 0.25) is 0 Å². The van der Waals surface area contributed by atoms with Gasteiger partial charge in [0.2, 0.25) is 5.91 Å². The normalized spacial score (nSPS) is 15.0. The number of fused-ring (bicyclic) bond motifs is 1. The summed E-state index contributed by atoms with van der Waals surface area (Å²) in [6, 6.07) is 24.3. The first-order valence-electron chi connectivity index (χ1n) is 10.9. The molecular weight excluding hydrogens is 400 g/mol. The molecule has 0 aliphatic carbocycles. The minimum atomic E-state index is -0.640. The van der Waals surface area contributed by atoms with Gasteiger partial charge in [-0.2, -0.15) is 0 Å². The largest absolute Gasteiger partial charge is 0.338 e. The van der Waals surface area contributed by atoms with Crippen LogP contribution in [0.4, 0.5) is 5.69 Å². The summed E-state index contributed by atoms with van der Waals surface area (Å²) in [7, 11) is 0. The number of nitrogens with one attached hydrogen (secondary N) is 2. The van der Waals surface area contributed by atoms with Crippen LogP contribution in [0.5, 0.6) is 0 Å². The summed E-state index contributed by atoms with van der Waals surface area (Å²) in [6.07, 6.45) is 2.28. The third kappa shape index (κ3) is 3.99. The van der Waals surface area contributed by atoms with Crippen LogP contribution in [-0.2, 0) is 9.59 Å². The van der Waals surface area contributed by atoms with Crippen molar-refractivity contribution in [3.05, 3.63) is 84.4 Å². The monoisotopic (exact) mass is 424 g/mol. The maximum absolute atomic E-state index is 13.3. The summed E-state index contributed by atoms with van der Waals surface area (Å²) < 4.78 is 0. The summed E-state index contributed by atoms with van der Waals surface area (Å²) in [5.41, 5.74) is 4.33. The number of rotatable bonds is 5. The van der Waals surface area contributed by atoms with Crippen LogP contribution in [0.15, 0.2) is 78.9 Å². The minimum absolute atomic E-state index is 0.0282. The van der Waals surface area contributed by atoms with Crippen molar-refractivity contribution in [2.75, 3.05) is 11.9 Å². The molecule has 4 aromatic rings. The second kappa shape index (κ2) is 8.67. The Morgan fingerprint density at radius 3 is 2.44 bits per heavy atom. The van der Waals surface area contributed by atoms with Crippen LogP contribution >= 0.6 is 0 Å². The van der Waals surface area contributed by atoms with Crippen LogP contribution in [-0.4, -0.2) is 33.2 Å². The molecule has 2 heterocycles. The molecule has 1 fully saturated rings. The smallest absolute Gasteiger partial charge is 0.251 e. The summed E-state index contributed by atoms with van der Waals surface area (Å²) in [6.45, 7) is 0.594. The maximum atomic E-state index is 13.3. The molecule has 3 aromatic carbocycles. The zero-order valence-corrected chi connectivity index (χ0v) is 17.6. The number of imidazole rings is 1. The van der Waals surface area contributed by atoms with Gasteiger partial charge in [-0.05, 0) is 54.8 Å². The Hall–Kier alpha value is -3.93. The fourth-order valence-electron chi connectivity index (χ4n) is 4.22. The van der Waals surface area contributed by atoms with E-state index >= 15 is 0 Å². The van der Waals surface area contributed by atoms with Crippen molar-refractivity contribution in [1.82, 2.24) is 14.9 Å². The van der Waals surface area contributed by atoms with Gasteiger partial charge in [-0.3, -0.25) is 9.59 Å². The van der Waals surface area contributed by atoms with E-state index in [0.29, 0.717) is 18.7 Å². The number of nitrogens with zero attached hydrogens (tertiary/aromatic N) is 2. The number of amides is 2. The molecule has 0 bridgehead atoms. The topological polar surface area (TPSA) is 78.1 Å². The molecule has 1 aromatic heterocycles. The number of carbonyl (C=O) groups excluding carboxylic acids is 2. The molecule has 1 aliphatic rings. The van der Waals surface area contributed by atoms with Gasteiger partial charge in [-0.1, -0.05) is 42.5 Å². The molecule has 5 rings (SSSR count). The Balaban J connectivity index is 1.37. The fraction of sp³-hybridized carbons (Fsp3) is 0.192. The number of likely N-dealkylation sites (tertiary alicyclic amines) is 1. The van der Waals surface area contributed by atoms with Gasteiger partial charge in [-0.25, -0.2) is 4.98 Å². The second-order valence-corrected chi connectivity index (χ2v) is 8.03. The molecule has 0 spiro atoms. The number of hydrogen-bond donors (Lipinski definition) is 2. The molecule has 1 unspecified atom stereocenters. The molecule has 0 radical (unpaired) electrons. The van der Waals surface area contributed by atoms with Gasteiger partial charge in [0, 0.05) is 24.2 Å². The first kappa shape index (κ1) is 20.0. The Morgan fingerprint density at radius 1 is 0.938 bits per heavy atom. The summed E-state index contributed by atoms with van der Waals surface area (Å²) in [5.74, 6) is 0.605.